The lowest BCUT2D eigenvalue weighted by atomic mass is 9.74. The zero-order valence-corrected chi connectivity index (χ0v) is 13.7. The minimum absolute atomic E-state index is 0.125. The minimum atomic E-state index is -0.125. The standard InChI is InChI=1S/C17H36O/c1-8-12(3)10-11-17(18)16(7)15(6)14(5)13(4)9-2/h12-18H,8-11H2,1-7H3. The first-order valence-corrected chi connectivity index (χ1v) is 8.03. The molecule has 0 saturated heterocycles. The van der Waals surface area contributed by atoms with Crippen LogP contribution >= 0.6 is 0 Å². The van der Waals surface area contributed by atoms with E-state index in [0.29, 0.717) is 17.8 Å². The SMILES string of the molecule is CCC(C)CCC(O)C(C)C(C)C(C)C(C)CC. The van der Waals surface area contributed by atoms with Crippen molar-refractivity contribution in [2.75, 3.05) is 0 Å². The van der Waals surface area contributed by atoms with Gasteiger partial charge in [-0.15, -0.1) is 0 Å². The Kier molecular flexibility index (Phi) is 8.94. The summed E-state index contributed by atoms with van der Waals surface area (Å²) in [6, 6.07) is 0. The van der Waals surface area contributed by atoms with Crippen molar-refractivity contribution < 1.29 is 5.11 Å². The molecule has 0 amide bonds. The van der Waals surface area contributed by atoms with Crippen molar-refractivity contribution in [2.45, 2.75) is 80.3 Å². The van der Waals surface area contributed by atoms with Crippen LogP contribution < -0.4 is 0 Å². The van der Waals surface area contributed by atoms with E-state index in [1.165, 1.54) is 12.8 Å². The van der Waals surface area contributed by atoms with Gasteiger partial charge in [0.15, 0.2) is 0 Å². The molecule has 6 unspecified atom stereocenters. The van der Waals surface area contributed by atoms with E-state index in [1.807, 2.05) is 0 Å². The summed E-state index contributed by atoms with van der Waals surface area (Å²) in [7, 11) is 0. The van der Waals surface area contributed by atoms with E-state index < -0.39 is 0 Å². The van der Waals surface area contributed by atoms with Crippen molar-refractivity contribution in [3.63, 3.8) is 0 Å². The van der Waals surface area contributed by atoms with Gasteiger partial charge in [-0.3, -0.25) is 0 Å². The van der Waals surface area contributed by atoms with Crippen LogP contribution in [0.15, 0.2) is 0 Å². The Labute approximate surface area is 115 Å². The third kappa shape index (κ3) is 5.73. The second-order valence-corrected chi connectivity index (χ2v) is 6.62. The molecule has 6 atom stereocenters. The molecule has 0 aliphatic rings. The molecule has 0 aromatic heterocycles. The Bertz CT molecular complexity index is 202. The lowest BCUT2D eigenvalue weighted by Gasteiger charge is -2.33. The van der Waals surface area contributed by atoms with Gasteiger partial charge in [0, 0.05) is 0 Å². The molecule has 0 rings (SSSR count). The Morgan fingerprint density at radius 2 is 1.28 bits per heavy atom. The second kappa shape index (κ2) is 8.96. The molecule has 0 aromatic carbocycles. The number of aliphatic hydroxyl groups is 1. The quantitative estimate of drug-likeness (QED) is 0.606. The molecule has 0 bridgehead atoms. The monoisotopic (exact) mass is 256 g/mol. The molecule has 1 nitrogen and oxygen atoms in total. The lowest BCUT2D eigenvalue weighted by Crippen LogP contribution is -2.30. The maximum absolute atomic E-state index is 10.3. The third-order valence-electron chi connectivity index (χ3n) is 5.46. The van der Waals surface area contributed by atoms with Gasteiger partial charge in [0.25, 0.3) is 0 Å². The first kappa shape index (κ1) is 18.0. The van der Waals surface area contributed by atoms with Gasteiger partial charge in [0.2, 0.25) is 0 Å². The van der Waals surface area contributed by atoms with Gasteiger partial charge in [-0.25, -0.2) is 0 Å². The molecule has 1 heteroatoms. The summed E-state index contributed by atoms with van der Waals surface area (Å²) in [6.07, 6.45) is 4.46. The molecule has 18 heavy (non-hydrogen) atoms. The van der Waals surface area contributed by atoms with Crippen molar-refractivity contribution in [1.29, 1.82) is 0 Å². The molecule has 1 N–H and O–H groups in total. The highest BCUT2D eigenvalue weighted by Gasteiger charge is 2.27. The van der Waals surface area contributed by atoms with E-state index in [4.69, 9.17) is 0 Å². The van der Waals surface area contributed by atoms with Crippen molar-refractivity contribution in [1.82, 2.24) is 0 Å². The fourth-order valence-corrected chi connectivity index (χ4v) is 2.64. The Morgan fingerprint density at radius 3 is 1.72 bits per heavy atom. The van der Waals surface area contributed by atoms with E-state index in [0.717, 1.165) is 24.7 Å². The summed E-state index contributed by atoms with van der Waals surface area (Å²) in [5.74, 6) is 3.21. The number of hydrogen-bond donors (Lipinski definition) is 1. The van der Waals surface area contributed by atoms with Crippen LogP contribution in [0, 0.1) is 29.6 Å². The van der Waals surface area contributed by atoms with Crippen LogP contribution in [-0.2, 0) is 0 Å². The molecule has 0 aromatic rings. The van der Waals surface area contributed by atoms with E-state index in [1.54, 1.807) is 0 Å². The molecule has 0 saturated carbocycles. The molecule has 0 spiro atoms. The predicted molar refractivity (Wildman–Crippen MR) is 81.6 cm³/mol. The summed E-state index contributed by atoms with van der Waals surface area (Å²) < 4.78 is 0. The maximum Gasteiger partial charge on any atom is 0.0568 e. The van der Waals surface area contributed by atoms with Gasteiger partial charge in [-0.2, -0.15) is 0 Å². The summed E-state index contributed by atoms with van der Waals surface area (Å²) >= 11 is 0. The van der Waals surface area contributed by atoms with Gasteiger partial charge < -0.3 is 5.11 Å². The van der Waals surface area contributed by atoms with Crippen molar-refractivity contribution in [3.8, 4) is 0 Å². The topological polar surface area (TPSA) is 20.2 Å². The van der Waals surface area contributed by atoms with E-state index >= 15 is 0 Å². The Balaban J connectivity index is 4.22. The summed E-state index contributed by atoms with van der Waals surface area (Å²) in [5, 5.41) is 10.3. The molecule has 0 radical (unpaired) electrons. The highest BCUT2D eigenvalue weighted by Crippen LogP contribution is 2.31. The van der Waals surface area contributed by atoms with Crippen LogP contribution in [-0.4, -0.2) is 11.2 Å². The molecule has 0 aliphatic heterocycles. The summed E-state index contributed by atoms with van der Waals surface area (Å²) in [5.41, 5.74) is 0. The fraction of sp³-hybridized carbons (Fsp3) is 1.00. The molecule has 0 heterocycles. The normalized spacial score (nSPS) is 22.0. The maximum atomic E-state index is 10.3. The third-order valence-corrected chi connectivity index (χ3v) is 5.46. The van der Waals surface area contributed by atoms with Crippen LogP contribution in [0.1, 0.15) is 74.1 Å². The summed E-state index contributed by atoms with van der Waals surface area (Å²) in [6.45, 7) is 16.0. The molecular formula is C17H36O. The lowest BCUT2D eigenvalue weighted by molar-refractivity contribution is 0.0488. The molecule has 0 fully saturated rings. The van der Waals surface area contributed by atoms with Crippen molar-refractivity contribution >= 4 is 0 Å². The molecule has 110 valence electrons. The second-order valence-electron chi connectivity index (χ2n) is 6.62. The summed E-state index contributed by atoms with van der Waals surface area (Å²) in [4.78, 5) is 0. The average Bonchev–Trinajstić information content (AvgIpc) is 2.40. The average molecular weight is 256 g/mol. The van der Waals surface area contributed by atoms with Crippen molar-refractivity contribution in [3.05, 3.63) is 0 Å². The minimum Gasteiger partial charge on any atom is -0.393 e. The van der Waals surface area contributed by atoms with E-state index in [2.05, 4.69) is 48.5 Å². The van der Waals surface area contributed by atoms with Crippen LogP contribution in [0.2, 0.25) is 0 Å². The number of hydrogen-bond acceptors (Lipinski definition) is 1. The first-order valence-electron chi connectivity index (χ1n) is 8.03. The molecular weight excluding hydrogens is 220 g/mol. The highest BCUT2D eigenvalue weighted by molar-refractivity contribution is 4.77. The van der Waals surface area contributed by atoms with Gasteiger partial charge in [0.05, 0.1) is 6.10 Å². The Hall–Kier alpha value is -0.0400. The number of aliphatic hydroxyl groups excluding tert-OH is 1. The van der Waals surface area contributed by atoms with Crippen LogP contribution in [0.25, 0.3) is 0 Å². The Morgan fingerprint density at radius 1 is 0.722 bits per heavy atom. The number of rotatable bonds is 9. The first-order chi connectivity index (χ1) is 8.34. The van der Waals surface area contributed by atoms with E-state index in [9.17, 15) is 5.11 Å². The fourth-order valence-electron chi connectivity index (χ4n) is 2.64. The van der Waals surface area contributed by atoms with Crippen LogP contribution in [0.4, 0.5) is 0 Å². The van der Waals surface area contributed by atoms with Gasteiger partial charge in [-0.1, -0.05) is 61.3 Å². The van der Waals surface area contributed by atoms with Gasteiger partial charge >= 0.3 is 0 Å². The van der Waals surface area contributed by atoms with Gasteiger partial charge in [0.1, 0.15) is 0 Å². The van der Waals surface area contributed by atoms with Gasteiger partial charge in [-0.05, 0) is 42.4 Å². The zero-order chi connectivity index (χ0) is 14.3. The van der Waals surface area contributed by atoms with Crippen LogP contribution in [0.3, 0.4) is 0 Å². The largest absolute Gasteiger partial charge is 0.393 e. The smallest absolute Gasteiger partial charge is 0.0568 e. The van der Waals surface area contributed by atoms with Crippen LogP contribution in [0.5, 0.6) is 0 Å². The predicted octanol–water partition coefficient (Wildman–Crippen LogP) is 5.13. The zero-order valence-electron chi connectivity index (χ0n) is 13.7. The van der Waals surface area contributed by atoms with E-state index in [-0.39, 0.29) is 6.10 Å². The molecule has 0 aliphatic carbocycles. The van der Waals surface area contributed by atoms with Crippen molar-refractivity contribution in [2.24, 2.45) is 29.6 Å². The highest BCUT2D eigenvalue weighted by atomic mass is 16.3.